The summed E-state index contributed by atoms with van der Waals surface area (Å²) in [5.41, 5.74) is 1.40. The van der Waals surface area contributed by atoms with Crippen LogP contribution in [0.15, 0.2) is 30.3 Å². The SMILES string of the molecule is CCC(C)NC(CSC)c1ccccc1. The van der Waals surface area contributed by atoms with E-state index in [0.29, 0.717) is 12.1 Å². The highest BCUT2D eigenvalue weighted by atomic mass is 32.2. The molecule has 1 rings (SSSR count). The van der Waals surface area contributed by atoms with Crippen molar-refractivity contribution in [2.24, 2.45) is 0 Å². The summed E-state index contributed by atoms with van der Waals surface area (Å²) in [6.45, 7) is 4.47. The van der Waals surface area contributed by atoms with E-state index in [2.05, 4.69) is 55.8 Å². The van der Waals surface area contributed by atoms with E-state index in [1.807, 2.05) is 11.8 Å². The summed E-state index contributed by atoms with van der Waals surface area (Å²) in [6, 6.07) is 11.8. The van der Waals surface area contributed by atoms with Crippen molar-refractivity contribution in [3.8, 4) is 0 Å². The first-order valence-electron chi connectivity index (χ1n) is 5.57. The number of hydrogen-bond donors (Lipinski definition) is 1. The average Bonchev–Trinajstić information content (AvgIpc) is 2.29. The summed E-state index contributed by atoms with van der Waals surface area (Å²) < 4.78 is 0. The highest BCUT2D eigenvalue weighted by molar-refractivity contribution is 7.98. The standard InChI is InChI=1S/C13H21NS/c1-4-11(2)14-13(10-15-3)12-8-6-5-7-9-12/h5-9,11,13-14H,4,10H2,1-3H3. The smallest absolute Gasteiger partial charge is 0.0413 e. The Labute approximate surface area is 97.7 Å². The van der Waals surface area contributed by atoms with Crippen LogP contribution >= 0.6 is 11.8 Å². The Morgan fingerprint density at radius 1 is 1.27 bits per heavy atom. The molecular weight excluding hydrogens is 202 g/mol. The predicted molar refractivity (Wildman–Crippen MR) is 70.5 cm³/mol. The quantitative estimate of drug-likeness (QED) is 0.792. The van der Waals surface area contributed by atoms with Crippen molar-refractivity contribution in [2.45, 2.75) is 32.4 Å². The van der Waals surface area contributed by atoms with E-state index in [9.17, 15) is 0 Å². The Kier molecular flexibility index (Phi) is 5.81. The number of benzene rings is 1. The van der Waals surface area contributed by atoms with E-state index in [4.69, 9.17) is 0 Å². The fraction of sp³-hybridized carbons (Fsp3) is 0.538. The van der Waals surface area contributed by atoms with Gasteiger partial charge in [0, 0.05) is 17.8 Å². The Balaban J connectivity index is 2.65. The highest BCUT2D eigenvalue weighted by Crippen LogP contribution is 2.17. The molecule has 1 aromatic rings. The molecule has 0 aliphatic rings. The molecule has 2 atom stereocenters. The average molecular weight is 223 g/mol. The molecule has 0 amide bonds. The van der Waals surface area contributed by atoms with Gasteiger partial charge in [0.05, 0.1) is 0 Å². The van der Waals surface area contributed by atoms with Crippen LogP contribution < -0.4 is 5.32 Å². The summed E-state index contributed by atoms with van der Waals surface area (Å²) in [6.07, 6.45) is 3.34. The van der Waals surface area contributed by atoms with E-state index in [0.717, 1.165) is 5.75 Å². The summed E-state index contributed by atoms with van der Waals surface area (Å²) >= 11 is 1.89. The van der Waals surface area contributed by atoms with E-state index in [1.54, 1.807) is 0 Å². The van der Waals surface area contributed by atoms with E-state index < -0.39 is 0 Å². The van der Waals surface area contributed by atoms with Gasteiger partial charge in [-0.1, -0.05) is 37.3 Å². The van der Waals surface area contributed by atoms with Crippen molar-refractivity contribution in [3.05, 3.63) is 35.9 Å². The van der Waals surface area contributed by atoms with Gasteiger partial charge in [0.1, 0.15) is 0 Å². The summed E-state index contributed by atoms with van der Waals surface area (Å²) in [5.74, 6) is 1.13. The third-order valence-electron chi connectivity index (χ3n) is 2.63. The lowest BCUT2D eigenvalue weighted by atomic mass is 10.1. The largest absolute Gasteiger partial charge is 0.307 e. The lowest BCUT2D eigenvalue weighted by Crippen LogP contribution is -2.31. The van der Waals surface area contributed by atoms with Crippen LogP contribution in [0.4, 0.5) is 0 Å². The highest BCUT2D eigenvalue weighted by Gasteiger charge is 2.11. The van der Waals surface area contributed by atoms with Crippen LogP contribution in [0.2, 0.25) is 0 Å². The van der Waals surface area contributed by atoms with Crippen molar-refractivity contribution < 1.29 is 0 Å². The molecule has 1 N–H and O–H groups in total. The molecule has 0 aliphatic carbocycles. The van der Waals surface area contributed by atoms with Gasteiger partial charge in [-0.3, -0.25) is 0 Å². The predicted octanol–water partition coefficient (Wildman–Crippen LogP) is 3.48. The third-order valence-corrected chi connectivity index (χ3v) is 3.30. The van der Waals surface area contributed by atoms with Crippen molar-refractivity contribution in [3.63, 3.8) is 0 Å². The minimum absolute atomic E-state index is 0.483. The number of nitrogens with one attached hydrogen (secondary N) is 1. The second-order valence-electron chi connectivity index (χ2n) is 3.89. The second kappa shape index (κ2) is 6.91. The molecule has 0 aliphatic heterocycles. The molecule has 0 spiro atoms. The van der Waals surface area contributed by atoms with Crippen molar-refractivity contribution in [1.82, 2.24) is 5.32 Å². The van der Waals surface area contributed by atoms with Gasteiger partial charge in [0.15, 0.2) is 0 Å². The maximum atomic E-state index is 3.66. The number of thioether (sulfide) groups is 1. The maximum Gasteiger partial charge on any atom is 0.0413 e. The van der Waals surface area contributed by atoms with Gasteiger partial charge < -0.3 is 5.32 Å². The molecule has 84 valence electrons. The van der Waals surface area contributed by atoms with Gasteiger partial charge in [-0.05, 0) is 25.2 Å². The molecule has 15 heavy (non-hydrogen) atoms. The van der Waals surface area contributed by atoms with Crippen LogP contribution in [-0.2, 0) is 0 Å². The molecule has 2 heteroatoms. The molecule has 0 radical (unpaired) electrons. The first-order chi connectivity index (χ1) is 7.27. The summed E-state index contributed by atoms with van der Waals surface area (Å²) in [4.78, 5) is 0. The van der Waals surface area contributed by atoms with Crippen LogP contribution in [0.1, 0.15) is 31.9 Å². The normalized spacial score (nSPS) is 14.9. The Bertz CT molecular complexity index is 260. The molecular formula is C13H21NS. The molecule has 0 bridgehead atoms. The maximum absolute atomic E-state index is 3.66. The molecule has 0 saturated heterocycles. The van der Waals surface area contributed by atoms with Crippen molar-refractivity contribution in [2.75, 3.05) is 12.0 Å². The molecule has 0 heterocycles. The Morgan fingerprint density at radius 2 is 1.93 bits per heavy atom. The summed E-state index contributed by atoms with van der Waals surface area (Å²) in [7, 11) is 0. The van der Waals surface area contributed by atoms with Crippen molar-refractivity contribution >= 4 is 11.8 Å². The zero-order chi connectivity index (χ0) is 11.1. The lowest BCUT2D eigenvalue weighted by Gasteiger charge is -2.22. The lowest BCUT2D eigenvalue weighted by molar-refractivity contribution is 0.474. The van der Waals surface area contributed by atoms with Gasteiger partial charge in [0.25, 0.3) is 0 Å². The minimum atomic E-state index is 0.483. The van der Waals surface area contributed by atoms with E-state index in [-0.39, 0.29) is 0 Å². The van der Waals surface area contributed by atoms with Crippen LogP contribution in [0, 0.1) is 0 Å². The van der Waals surface area contributed by atoms with Crippen LogP contribution in [0.3, 0.4) is 0 Å². The molecule has 0 aromatic heterocycles. The topological polar surface area (TPSA) is 12.0 Å². The third kappa shape index (κ3) is 4.27. The fourth-order valence-electron chi connectivity index (χ4n) is 1.55. The Hall–Kier alpha value is -0.470. The molecule has 0 fully saturated rings. The molecule has 1 nitrogen and oxygen atoms in total. The number of hydrogen-bond acceptors (Lipinski definition) is 2. The van der Waals surface area contributed by atoms with Crippen LogP contribution in [-0.4, -0.2) is 18.1 Å². The molecule has 0 saturated carbocycles. The first-order valence-corrected chi connectivity index (χ1v) is 6.97. The van der Waals surface area contributed by atoms with Crippen molar-refractivity contribution in [1.29, 1.82) is 0 Å². The van der Waals surface area contributed by atoms with Crippen LogP contribution in [0.5, 0.6) is 0 Å². The first kappa shape index (κ1) is 12.6. The number of rotatable bonds is 6. The summed E-state index contributed by atoms with van der Waals surface area (Å²) in [5, 5.41) is 3.66. The minimum Gasteiger partial charge on any atom is -0.307 e. The monoisotopic (exact) mass is 223 g/mol. The van der Waals surface area contributed by atoms with Gasteiger partial charge in [-0.15, -0.1) is 0 Å². The van der Waals surface area contributed by atoms with E-state index in [1.165, 1.54) is 12.0 Å². The Morgan fingerprint density at radius 3 is 2.47 bits per heavy atom. The van der Waals surface area contributed by atoms with Gasteiger partial charge in [-0.2, -0.15) is 11.8 Å². The van der Waals surface area contributed by atoms with Gasteiger partial charge in [0.2, 0.25) is 0 Å². The zero-order valence-electron chi connectivity index (χ0n) is 9.86. The van der Waals surface area contributed by atoms with Gasteiger partial charge >= 0.3 is 0 Å². The van der Waals surface area contributed by atoms with Crippen LogP contribution in [0.25, 0.3) is 0 Å². The fourth-order valence-corrected chi connectivity index (χ4v) is 2.18. The van der Waals surface area contributed by atoms with Gasteiger partial charge in [-0.25, -0.2) is 0 Å². The second-order valence-corrected chi connectivity index (χ2v) is 4.81. The zero-order valence-corrected chi connectivity index (χ0v) is 10.7. The van der Waals surface area contributed by atoms with E-state index >= 15 is 0 Å². The molecule has 1 aromatic carbocycles. The molecule has 2 unspecified atom stereocenters.